The monoisotopic (exact) mass is 325 g/mol. The molecule has 0 radical (unpaired) electrons. The lowest BCUT2D eigenvalue weighted by Gasteiger charge is -2.36. The molecule has 6 heteroatoms. The topological polar surface area (TPSA) is 69.7 Å². The fourth-order valence-electron chi connectivity index (χ4n) is 2.95. The molecule has 124 valence electrons. The van der Waals surface area contributed by atoms with Crippen molar-refractivity contribution in [3.8, 4) is 6.07 Å². The van der Waals surface area contributed by atoms with Crippen LogP contribution in [0.1, 0.15) is 21.7 Å². The number of furan rings is 1. The van der Waals surface area contributed by atoms with E-state index in [0.717, 1.165) is 31.9 Å². The number of benzene rings is 1. The highest BCUT2D eigenvalue weighted by molar-refractivity contribution is 5.90. The molecule has 1 aliphatic heterocycles. The molecule has 0 N–H and O–H groups in total. The first-order valence-corrected chi connectivity index (χ1v) is 7.84. The molecule has 0 bridgehead atoms. The molecule has 1 aromatic carbocycles. The second-order valence-corrected chi connectivity index (χ2v) is 5.64. The van der Waals surface area contributed by atoms with Crippen molar-refractivity contribution in [2.45, 2.75) is 6.54 Å². The molecule has 1 aliphatic rings. The highest BCUT2D eigenvalue weighted by Gasteiger charge is 2.22. The van der Waals surface area contributed by atoms with Crippen molar-refractivity contribution in [1.29, 1.82) is 5.26 Å². The second kappa shape index (κ2) is 7.20. The zero-order chi connectivity index (χ0) is 16.9. The van der Waals surface area contributed by atoms with E-state index in [1.807, 2.05) is 24.3 Å². The summed E-state index contributed by atoms with van der Waals surface area (Å²) >= 11 is 0. The Balaban J connectivity index is 1.63. The van der Waals surface area contributed by atoms with Crippen LogP contribution in [0.4, 0.5) is 5.69 Å². The molecule has 1 fully saturated rings. The number of ether oxygens (including phenoxy) is 1. The molecule has 0 aliphatic carbocycles. The third-order valence-electron chi connectivity index (χ3n) is 4.26. The van der Waals surface area contributed by atoms with E-state index in [2.05, 4.69) is 15.9 Å². The summed E-state index contributed by atoms with van der Waals surface area (Å²) in [7, 11) is 1.37. The number of esters is 1. The van der Waals surface area contributed by atoms with Gasteiger partial charge in [-0.2, -0.15) is 5.26 Å². The Labute approximate surface area is 140 Å². The van der Waals surface area contributed by atoms with Gasteiger partial charge in [-0.25, -0.2) is 4.79 Å². The maximum absolute atomic E-state index is 11.7. The Morgan fingerprint density at radius 3 is 2.71 bits per heavy atom. The van der Waals surface area contributed by atoms with Crippen LogP contribution in [0.5, 0.6) is 0 Å². The van der Waals surface area contributed by atoms with Gasteiger partial charge in [0.2, 0.25) is 0 Å². The van der Waals surface area contributed by atoms with Crippen LogP contribution in [0.15, 0.2) is 41.0 Å². The van der Waals surface area contributed by atoms with Crippen LogP contribution in [0, 0.1) is 11.3 Å². The highest BCUT2D eigenvalue weighted by Crippen LogP contribution is 2.22. The Kier molecular flexibility index (Phi) is 4.82. The molecule has 2 heterocycles. The first kappa shape index (κ1) is 16.1. The lowest BCUT2D eigenvalue weighted by atomic mass is 10.1. The molecule has 0 atom stereocenters. The Morgan fingerprint density at radius 1 is 1.25 bits per heavy atom. The molecule has 1 saturated heterocycles. The van der Waals surface area contributed by atoms with Gasteiger partial charge in [-0.3, -0.25) is 4.90 Å². The summed E-state index contributed by atoms with van der Waals surface area (Å²) in [6, 6.07) is 11.5. The van der Waals surface area contributed by atoms with Gasteiger partial charge in [0.1, 0.15) is 17.4 Å². The van der Waals surface area contributed by atoms with Crippen LogP contribution < -0.4 is 4.90 Å². The van der Waals surface area contributed by atoms with E-state index in [1.165, 1.54) is 13.4 Å². The van der Waals surface area contributed by atoms with Crippen molar-refractivity contribution in [2.75, 3.05) is 38.2 Å². The van der Waals surface area contributed by atoms with E-state index in [-0.39, 0.29) is 5.97 Å². The van der Waals surface area contributed by atoms with Gasteiger partial charge in [0.15, 0.2) is 0 Å². The van der Waals surface area contributed by atoms with Gasteiger partial charge in [0, 0.05) is 26.2 Å². The number of carbonyl (C=O) groups is 1. The van der Waals surface area contributed by atoms with E-state index in [9.17, 15) is 10.1 Å². The summed E-state index contributed by atoms with van der Waals surface area (Å²) < 4.78 is 10.2. The first-order chi connectivity index (χ1) is 11.7. The van der Waals surface area contributed by atoms with E-state index in [1.54, 1.807) is 6.07 Å². The van der Waals surface area contributed by atoms with E-state index >= 15 is 0 Å². The summed E-state index contributed by atoms with van der Waals surface area (Å²) in [6.45, 7) is 3.90. The maximum atomic E-state index is 11.7. The minimum Gasteiger partial charge on any atom is -0.467 e. The SMILES string of the molecule is COC(=O)c1ccoc1CN1CCN(c2ccccc2C#N)CC1. The first-order valence-electron chi connectivity index (χ1n) is 7.84. The summed E-state index contributed by atoms with van der Waals surface area (Å²) in [4.78, 5) is 16.2. The number of hydrogen-bond acceptors (Lipinski definition) is 6. The quantitative estimate of drug-likeness (QED) is 0.803. The maximum Gasteiger partial charge on any atom is 0.341 e. The van der Waals surface area contributed by atoms with E-state index in [4.69, 9.17) is 9.15 Å². The van der Waals surface area contributed by atoms with Crippen LogP contribution in [-0.2, 0) is 11.3 Å². The van der Waals surface area contributed by atoms with Gasteiger partial charge in [0.25, 0.3) is 0 Å². The standard InChI is InChI=1S/C18H19N3O3/c1-23-18(22)15-6-11-24-17(15)13-20-7-9-21(10-8-20)16-5-3-2-4-14(16)12-19/h2-6,11H,7-10,13H2,1H3. The number of para-hydroxylation sites is 1. The highest BCUT2D eigenvalue weighted by atomic mass is 16.5. The Bertz CT molecular complexity index is 755. The van der Waals surface area contributed by atoms with Gasteiger partial charge in [-0.15, -0.1) is 0 Å². The average molecular weight is 325 g/mol. The van der Waals surface area contributed by atoms with Gasteiger partial charge in [-0.05, 0) is 18.2 Å². The minimum absolute atomic E-state index is 0.375. The van der Waals surface area contributed by atoms with Gasteiger partial charge >= 0.3 is 5.97 Å². The molecule has 6 nitrogen and oxygen atoms in total. The molecule has 3 rings (SSSR count). The molecule has 24 heavy (non-hydrogen) atoms. The van der Waals surface area contributed by atoms with Crippen LogP contribution in [0.3, 0.4) is 0 Å². The van der Waals surface area contributed by atoms with Crippen LogP contribution in [0.2, 0.25) is 0 Å². The predicted molar refractivity (Wildman–Crippen MR) is 88.7 cm³/mol. The fourth-order valence-corrected chi connectivity index (χ4v) is 2.95. The van der Waals surface area contributed by atoms with E-state index in [0.29, 0.717) is 23.4 Å². The molecular weight excluding hydrogens is 306 g/mol. The molecule has 0 amide bonds. The van der Waals surface area contributed by atoms with E-state index < -0.39 is 0 Å². The van der Waals surface area contributed by atoms with Crippen LogP contribution in [-0.4, -0.2) is 44.2 Å². The molecular formula is C18H19N3O3. The number of methoxy groups -OCH3 is 1. The second-order valence-electron chi connectivity index (χ2n) is 5.64. The smallest absolute Gasteiger partial charge is 0.341 e. The summed E-state index contributed by atoms with van der Waals surface area (Å²) in [6.07, 6.45) is 1.51. The number of hydrogen-bond donors (Lipinski definition) is 0. The zero-order valence-electron chi connectivity index (χ0n) is 13.6. The number of nitrogens with zero attached hydrogens (tertiary/aromatic N) is 3. The van der Waals surface area contributed by atoms with Crippen molar-refractivity contribution in [1.82, 2.24) is 4.90 Å². The lowest BCUT2D eigenvalue weighted by molar-refractivity contribution is 0.0596. The fraction of sp³-hybridized carbons (Fsp3) is 0.333. The average Bonchev–Trinajstić information content (AvgIpc) is 3.10. The molecule has 1 aromatic heterocycles. The summed E-state index contributed by atoms with van der Waals surface area (Å²) in [5, 5.41) is 9.23. The van der Waals surface area contributed by atoms with Crippen molar-refractivity contribution in [3.63, 3.8) is 0 Å². The van der Waals surface area contributed by atoms with Crippen LogP contribution >= 0.6 is 0 Å². The van der Waals surface area contributed by atoms with Crippen molar-refractivity contribution < 1.29 is 13.9 Å². The van der Waals surface area contributed by atoms with Gasteiger partial charge in [-0.1, -0.05) is 12.1 Å². The minimum atomic E-state index is -0.375. The largest absolute Gasteiger partial charge is 0.467 e. The lowest BCUT2D eigenvalue weighted by Crippen LogP contribution is -2.46. The molecule has 2 aromatic rings. The third-order valence-corrected chi connectivity index (χ3v) is 4.26. The molecule has 0 spiro atoms. The Hall–Kier alpha value is -2.78. The van der Waals surface area contributed by atoms with Crippen molar-refractivity contribution >= 4 is 11.7 Å². The molecule has 0 unspecified atom stereocenters. The zero-order valence-corrected chi connectivity index (χ0v) is 13.6. The predicted octanol–water partition coefficient (Wildman–Crippen LogP) is 2.26. The summed E-state index contributed by atoms with van der Waals surface area (Å²) in [5.74, 6) is 0.257. The number of carbonyl (C=O) groups excluding carboxylic acids is 1. The molecule has 0 saturated carbocycles. The van der Waals surface area contributed by atoms with Crippen molar-refractivity contribution in [2.24, 2.45) is 0 Å². The Morgan fingerprint density at radius 2 is 2.00 bits per heavy atom. The third kappa shape index (κ3) is 3.26. The number of rotatable bonds is 4. The normalized spacial score (nSPS) is 15.1. The number of anilines is 1. The number of nitriles is 1. The summed E-state index contributed by atoms with van der Waals surface area (Å²) in [5.41, 5.74) is 2.16. The van der Waals surface area contributed by atoms with Crippen LogP contribution in [0.25, 0.3) is 0 Å². The van der Waals surface area contributed by atoms with Gasteiger partial charge in [0.05, 0.1) is 31.2 Å². The van der Waals surface area contributed by atoms with Crippen molar-refractivity contribution in [3.05, 3.63) is 53.5 Å². The van der Waals surface area contributed by atoms with Gasteiger partial charge < -0.3 is 14.1 Å². The number of piperazine rings is 1.